The highest BCUT2D eigenvalue weighted by atomic mass is 79.9. The van der Waals surface area contributed by atoms with Crippen molar-refractivity contribution in [1.82, 2.24) is 0 Å². The number of aryl methyl sites for hydroxylation is 2. The monoisotopic (exact) mass is 260 g/mol. The van der Waals surface area contributed by atoms with E-state index in [2.05, 4.69) is 41.1 Å². The van der Waals surface area contributed by atoms with Gasteiger partial charge in [0.25, 0.3) is 0 Å². The smallest absolute Gasteiger partial charge is 0.0285 e. The van der Waals surface area contributed by atoms with Gasteiger partial charge in [0, 0.05) is 11.2 Å². The van der Waals surface area contributed by atoms with E-state index in [1.54, 1.807) is 0 Å². The fourth-order valence-electron chi connectivity index (χ4n) is 1.38. The lowest BCUT2D eigenvalue weighted by Gasteiger charge is -2.07. The fraction of sp³-hybridized carbons (Fsp3) is 0.455. The number of halogens is 2. The molecule has 0 aliphatic heterocycles. The van der Waals surface area contributed by atoms with Crippen molar-refractivity contribution in [2.24, 2.45) is 0 Å². The van der Waals surface area contributed by atoms with E-state index in [0.717, 1.165) is 24.1 Å². The van der Waals surface area contributed by atoms with Gasteiger partial charge in [0.2, 0.25) is 0 Å². The summed E-state index contributed by atoms with van der Waals surface area (Å²) in [7, 11) is 0. The molecule has 0 saturated carbocycles. The molecule has 1 rings (SSSR count). The largest absolute Gasteiger partial charge is 0.127 e. The summed E-state index contributed by atoms with van der Waals surface area (Å²) < 4.78 is 0. The molecule has 0 radical (unpaired) electrons. The first-order chi connectivity index (χ1) is 6.27. The molecule has 0 saturated heterocycles. The lowest BCUT2D eigenvalue weighted by atomic mass is 10.0. The molecule has 0 atom stereocenters. The average Bonchev–Trinajstić information content (AvgIpc) is 2.15. The number of rotatable bonds is 4. The highest BCUT2D eigenvalue weighted by Crippen LogP contribution is 2.16. The van der Waals surface area contributed by atoms with E-state index in [4.69, 9.17) is 11.6 Å². The molecule has 0 amide bonds. The summed E-state index contributed by atoms with van der Waals surface area (Å²) >= 11 is 9.17. The topological polar surface area (TPSA) is 0 Å². The molecule has 0 fully saturated rings. The second-order valence-electron chi connectivity index (χ2n) is 3.20. The Bertz CT molecular complexity index is 271. The summed E-state index contributed by atoms with van der Waals surface area (Å²) in [4.78, 5) is 0. The van der Waals surface area contributed by atoms with Gasteiger partial charge in [-0.3, -0.25) is 0 Å². The summed E-state index contributed by atoms with van der Waals surface area (Å²) in [6.07, 6.45) is 2.15. The molecule has 0 aromatic heterocycles. The third kappa shape index (κ3) is 3.32. The minimum atomic E-state index is 0.746. The van der Waals surface area contributed by atoms with Gasteiger partial charge in [0.15, 0.2) is 0 Å². The van der Waals surface area contributed by atoms with Crippen LogP contribution in [0, 0.1) is 6.92 Å². The Balaban J connectivity index is 2.81. The number of alkyl halides is 2. The van der Waals surface area contributed by atoms with Crippen LogP contribution in [0.5, 0.6) is 0 Å². The lowest BCUT2D eigenvalue weighted by molar-refractivity contribution is 0.916. The first kappa shape index (κ1) is 11.1. The highest BCUT2D eigenvalue weighted by Gasteiger charge is 2.00. The van der Waals surface area contributed by atoms with E-state index >= 15 is 0 Å². The Morgan fingerprint density at radius 3 is 2.69 bits per heavy atom. The summed E-state index contributed by atoms with van der Waals surface area (Å²) in [6, 6.07) is 6.59. The molecule has 0 nitrogen and oxygen atoms in total. The Morgan fingerprint density at radius 2 is 2.08 bits per heavy atom. The van der Waals surface area contributed by atoms with Gasteiger partial charge in [-0.05, 0) is 30.9 Å². The van der Waals surface area contributed by atoms with Gasteiger partial charge in [-0.1, -0.05) is 39.7 Å². The molecule has 0 N–H and O–H groups in total. The highest BCUT2D eigenvalue weighted by molar-refractivity contribution is 9.08. The first-order valence-electron chi connectivity index (χ1n) is 4.48. The lowest BCUT2D eigenvalue weighted by Crippen LogP contribution is -1.93. The molecule has 0 bridgehead atoms. The van der Waals surface area contributed by atoms with Crippen LogP contribution in [-0.4, -0.2) is 5.88 Å². The van der Waals surface area contributed by atoms with Crippen LogP contribution < -0.4 is 0 Å². The molecule has 72 valence electrons. The van der Waals surface area contributed by atoms with E-state index in [-0.39, 0.29) is 0 Å². The predicted octanol–water partition coefficient (Wildman–Crippen LogP) is 4.06. The molecule has 2 heteroatoms. The molecular weight excluding hydrogens is 247 g/mol. The number of hydrogen-bond donors (Lipinski definition) is 0. The molecule has 13 heavy (non-hydrogen) atoms. The maximum Gasteiger partial charge on any atom is 0.0285 e. The Labute approximate surface area is 93.4 Å². The van der Waals surface area contributed by atoms with Crippen LogP contribution in [0.2, 0.25) is 0 Å². The molecule has 1 aromatic rings. The summed E-state index contributed by atoms with van der Waals surface area (Å²) in [5.41, 5.74) is 4.14. The van der Waals surface area contributed by atoms with Gasteiger partial charge < -0.3 is 0 Å². The normalized spacial score (nSPS) is 10.4. The fourth-order valence-corrected chi connectivity index (χ4v) is 2.06. The van der Waals surface area contributed by atoms with Crippen molar-refractivity contribution in [2.75, 3.05) is 5.88 Å². The zero-order valence-corrected chi connectivity index (χ0v) is 10.2. The van der Waals surface area contributed by atoms with Crippen molar-refractivity contribution in [2.45, 2.75) is 25.1 Å². The Hall–Kier alpha value is -0.0100. The molecular formula is C11H14BrCl. The zero-order valence-electron chi connectivity index (χ0n) is 7.82. The van der Waals surface area contributed by atoms with Crippen molar-refractivity contribution in [3.05, 3.63) is 34.9 Å². The molecule has 0 aliphatic carbocycles. The van der Waals surface area contributed by atoms with E-state index in [9.17, 15) is 0 Å². The van der Waals surface area contributed by atoms with Crippen LogP contribution in [0.3, 0.4) is 0 Å². The molecule has 0 spiro atoms. The second kappa shape index (κ2) is 5.66. The van der Waals surface area contributed by atoms with Crippen molar-refractivity contribution in [3.63, 3.8) is 0 Å². The van der Waals surface area contributed by atoms with Gasteiger partial charge in [0.05, 0.1) is 0 Å². The standard InChI is InChI=1S/C11H14BrCl/c1-9-4-5-11(8-12)10(7-9)3-2-6-13/h4-5,7H,2-3,6,8H2,1H3. The maximum atomic E-state index is 5.68. The quantitative estimate of drug-likeness (QED) is 0.717. The van der Waals surface area contributed by atoms with Crippen molar-refractivity contribution in [1.29, 1.82) is 0 Å². The zero-order chi connectivity index (χ0) is 9.68. The second-order valence-corrected chi connectivity index (χ2v) is 4.14. The Kier molecular flexibility index (Phi) is 4.82. The van der Waals surface area contributed by atoms with Crippen molar-refractivity contribution >= 4 is 27.5 Å². The van der Waals surface area contributed by atoms with Gasteiger partial charge in [-0.15, -0.1) is 11.6 Å². The molecule has 0 aliphatic rings. The van der Waals surface area contributed by atoms with Gasteiger partial charge in [-0.25, -0.2) is 0 Å². The third-order valence-corrected chi connectivity index (χ3v) is 2.96. The third-order valence-electron chi connectivity index (χ3n) is 2.09. The molecule has 0 unspecified atom stereocenters. The van der Waals surface area contributed by atoms with Crippen molar-refractivity contribution < 1.29 is 0 Å². The van der Waals surface area contributed by atoms with E-state index in [1.807, 2.05) is 0 Å². The summed E-state index contributed by atoms with van der Waals surface area (Å²) in [5, 5.41) is 0.935. The SMILES string of the molecule is Cc1ccc(CBr)c(CCCCl)c1. The minimum Gasteiger partial charge on any atom is -0.127 e. The van der Waals surface area contributed by atoms with Crippen LogP contribution in [0.4, 0.5) is 0 Å². The van der Waals surface area contributed by atoms with Gasteiger partial charge in [0.1, 0.15) is 0 Å². The van der Waals surface area contributed by atoms with Crippen LogP contribution in [0.1, 0.15) is 23.1 Å². The Morgan fingerprint density at radius 1 is 1.31 bits per heavy atom. The van der Waals surface area contributed by atoms with Crippen LogP contribution >= 0.6 is 27.5 Å². The van der Waals surface area contributed by atoms with Crippen molar-refractivity contribution in [3.8, 4) is 0 Å². The van der Waals surface area contributed by atoms with Gasteiger partial charge in [-0.2, -0.15) is 0 Å². The number of benzene rings is 1. The summed E-state index contributed by atoms with van der Waals surface area (Å²) in [6.45, 7) is 2.13. The van der Waals surface area contributed by atoms with E-state index < -0.39 is 0 Å². The minimum absolute atomic E-state index is 0.746. The number of hydrogen-bond acceptors (Lipinski definition) is 0. The summed E-state index contributed by atoms with van der Waals surface area (Å²) in [5.74, 6) is 0.746. The van der Waals surface area contributed by atoms with E-state index in [0.29, 0.717) is 0 Å². The van der Waals surface area contributed by atoms with Crippen LogP contribution in [-0.2, 0) is 11.8 Å². The first-order valence-corrected chi connectivity index (χ1v) is 6.14. The average molecular weight is 262 g/mol. The predicted molar refractivity (Wildman–Crippen MR) is 62.9 cm³/mol. The molecule has 1 aromatic carbocycles. The maximum absolute atomic E-state index is 5.68. The van der Waals surface area contributed by atoms with Crippen LogP contribution in [0.15, 0.2) is 18.2 Å². The van der Waals surface area contributed by atoms with Crippen LogP contribution in [0.25, 0.3) is 0 Å². The van der Waals surface area contributed by atoms with Gasteiger partial charge >= 0.3 is 0 Å². The molecule has 0 heterocycles. The van der Waals surface area contributed by atoms with E-state index in [1.165, 1.54) is 16.7 Å².